The van der Waals surface area contributed by atoms with E-state index in [1.165, 1.54) is 18.5 Å². The van der Waals surface area contributed by atoms with Crippen LogP contribution in [-0.4, -0.2) is 21.2 Å². The van der Waals surface area contributed by atoms with Crippen molar-refractivity contribution in [1.29, 1.82) is 0 Å². The summed E-state index contributed by atoms with van der Waals surface area (Å²) in [5.74, 6) is 1.46. The number of aromatic nitrogens is 3. The second-order valence-electron chi connectivity index (χ2n) is 5.38. The molecule has 4 heteroatoms. The Morgan fingerprint density at radius 3 is 2.35 bits per heavy atom. The molecule has 1 saturated carbocycles. The number of nitrogens with two attached hydrogens (primary N) is 1. The minimum atomic E-state index is 0.386. The molecule has 0 amide bonds. The van der Waals surface area contributed by atoms with Crippen LogP contribution < -0.4 is 5.73 Å². The van der Waals surface area contributed by atoms with Gasteiger partial charge in [-0.2, -0.15) is 5.10 Å². The lowest BCUT2D eigenvalue weighted by Crippen LogP contribution is -2.27. The highest BCUT2D eigenvalue weighted by molar-refractivity contribution is 5.15. The molecule has 1 heterocycles. The van der Waals surface area contributed by atoms with Crippen LogP contribution >= 0.6 is 0 Å². The average Bonchev–Trinajstić information content (AvgIpc) is 2.39. The number of aryl methyl sites for hydroxylation is 2. The summed E-state index contributed by atoms with van der Waals surface area (Å²) >= 11 is 0. The van der Waals surface area contributed by atoms with Crippen LogP contribution in [0.4, 0.5) is 0 Å². The Bertz CT molecular complexity index is 396. The molecule has 0 radical (unpaired) electrons. The summed E-state index contributed by atoms with van der Waals surface area (Å²) in [6.07, 6.45) is 9.09. The van der Waals surface area contributed by atoms with Crippen LogP contribution in [0.2, 0.25) is 0 Å². The Labute approximate surface area is 102 Å². The van der Waals surface area contributed by atoms with Gasteiger partial charge in [0, 0.05) is 12.0 Å². The van der Waals surface area contributed by atoms with Gasteiger partial charge in [-0.25, -0.2) is 4.98 Å². The zero-order valence-corrected chi connectivity index (χ0v) is 10.2. The Morgan fingerprint density at radius 2 is 1.59 bits per heavy atom. The molecular formula is C13H20N4. The van der Waals surface area contributed by atoms with Crippen molar-refractivity contribution in [3.05, 3.63) is 17.2 Å². The van der Waals surface area contributed by atoms with E-state index in [-0.39, 0.29) is 0 Å². The molecule has 0 bridgehead atoms. The smallest absolute Gasteiger partial charge is 0.154 e. The van der Waals surface area contributed by atoms with Crippen LogP contribution in [0.15, 0.2) is 0 Å². The van der Waals surface area contributed by atoms with Gasteiger partial charge in [0.05, 0.1) is 11.4 Å². The van der Waals surface area contributed by atoms with E-state index in [0.29, 0.717) is 12.0 Å². The van der Waals surface area contributed by atoms with Gasteiger partial charge in [0.15, 0.2) is 5.82 Å². The van der Waals surface area contributed by atoms with Crippen LogP contribution in [-0.2, 0) is 12.8 Å². The normalized spacial score (nSPS) is 28.8. The van der Waals surface area contributed by atoms with Crippen molar-refractivity contribution in [1.82, 2.24) is 15.2 Å². The fourth-order valence-electron chi connectivity index (χ4n) is 2.92. The molecule has 2 aliphatic carbocycles. The third kappa shape index (κ3) is 2.32. The topological polar surface area (TPSA) is 64.7 Å². The SMILES string of the molecule is NC1CCC(c2nnc3c(n2)CCCC3)CC1. The van der Waals surface area contributed by atoms with Gasteiger partial charge in [-0.3, -0.25) is 0 Å². The van der Waals surface area contributed by atoms with E-state index in [1.54, 1.807) is 0 Å². The zero-order chi connectivity index (χ0) is 11.7. The standard InChI is InChI=1S/C13H20N4/c14-10-7-5-9(6-8-10)13-15-11-3-1-2-4-12(11)16-17-13/h9-10H,1-8,14H2. The summed E-state index contributed by atoms with van der Waals surface area (Å²) in [6.45, 7) is 0. The molecule has 4 nitrogen and oxygen atoms in total. The van der Waals surface area contributed by atoms with Crippen molar-refractivity contribution < 1.29 is 0 Å². The quantitative estimate of drug-likeness (QED) is 0.801. The predicted molar refractivity (Wildman–Crippen MR) is 65.7 cm³/mol. The lowest BCUT2D eigenvalue weighted by atomic mass is 9.86. The van der Waals surface area contributed by atoms with E-state index in [1.807, 2.05) is 0 Å². The number of hydrogen-bond donors (Lipinski definition) is 1. The number of nitrogens with zero attached hydrogens (tertiary/aromatic N) is 3. The monoisotopic (exact) mass is 232 g/mol. The summed E-state index contributed by atoms with van der Waals surface area (Å²) < 4.78 is 0. The van der Waals surface area contributed by atoms with Crippen molar-refractivity contribution in [2.24, 2.45) is 5.73 Å². The molecule has 0 spiro atoms. The molecule has 0 aliphatic heterocycles. The number of rotatable bonds is 1. The van der Waals surface area contributed by atoms with Gasteiger partial charge in [-0.1, -0.05) is 0 Å². The molecule has 3 rings (SSSR count). The molecule has 17 heavy (non-hydrogen) atoms. The third-order valence-electron chi connectivity index (χ3n) is 4.07. The van der Waals surface area contributed by atoms with E-state index in [2.05, 4.69) is 10.2 Å². The highest BCUT2D eigenvalue weighted by Gasteiger charge is 2.24. The van der Waals surface area contributed by atoms with Crippen LogP contribution in [0.25, 0.3) is 0 Å². The molecule has 1 aromatic heterocycles. The van der Waals surface area contributed by atoms with Gasteiger partial charge in [0.1, 0.15) is 0 Å². The third-order valence-corrected chi connectivity index (χ3v) is 4.07. The van der Waals surface area contributed by atoms with Gasteiger partial charge in [0.25, 0.3) is 0 Å². The molecule has 2 aliphatic rings. The van der Waals surface area contributed by atoms with Crippen LogP contribution in [0.5, 0.6) is 0 Å². The van der Waals surface area contributed by atoms with Crippen LogP contribution in [0.1, 0.15) is 61.7 Å². The molecule has 0 atom stereocenters. The highest BCUT2D eigenvalue weighted by atomic mass is 15.2. The van der Waals surface area contributed by atoms with E-state index >= 15 is 0 Å². The zero-order valence-electron chi connectivity index (χ0n) is 10.2. The maximum Gasteiger partial charge on any atom is 0.154 e. The number of hydrogen-bond acceptors (Lipinski definition) is 4. The van der Waals surface area contributed by atoms with Crippen molar-refractivity contribution >= 4 is 0 Å². The first kappa shape index (κ1) is 11.1. The summed E-state index contributed by atoms with van der Waals surface area (Å²) in [5.41, 5.74) is 8.27. The van der Waals surface area contributed by atoms with E-state index in [4.69, 9.17) is 10.7 Å². The van der Waals surface area contributed by atoms with Gasteiger partial charge in [0.2, 0.25) is 0 Å². The van der Waals surface area contributed by atoms with Crippen molar-refractivity contribution in [2.45, 2.75) is 63.3 Å². The summed E-state index contributed by atoms with van der Waals surface area (Å²) in [5, 5.41) is 8.71. The second-order valence-corrected chi connectivity index (χ2v) is 5.38. The molecular weight excluding hydrogens is 212 g/mol. The summed E-state index contributed by atoms with van der Waals surface area (Å²) in [4.78, 5) is 4.75. The minimum Gasteiger partial charge on any atom is -0.328 e. The lowest BCUT2D eigenvalue weighted by Gasteiger charge is -2.25. The summed E-state index contributed by atoms with van der Waals surface area (Å²) in [6, 6.07) is 0.386. The molecule has 1 fully saturated rings. The highest BCUT2D eigenvalue weighted by Crippen LogP contribution is 2.30. The molecule has 2 N–H and O–H groups in total. The second kappa shape index (κ2) is 4.69. The maximum absolute atomic E-state index is 5.93. The molecule has 92 valence electrons. The van der Waals surface area contributed by atoms with Gasteiger partial charge < -0.3 is 5.73 Å². The van der Waals surface area contributed by atoms with E-state index in [0.717, 1.165) is 50.0 Å². The average molecular weight is 232 g/mol. The first-order valence-corrected chi connectivity index (χ1v) is 6.81. The van der Waals surface area contributed by atoms with Crippen LogP contribution in [0, 0.1) is 0 Å². The summed E-state index contributed by atoms with van der Waals surface area (Å²) in [7, 11) is 0. The first-order chi connectivity index (χ1) is 8.33. The molecule has 0 unspecified atom stereocenters. The first-order valence-electron chi connectivity index (χ1n) is 6.81. The van der Waals surface area contributed by atoms with Gasteiger partial charge in [-0.15, -0.1) is 5.10 Å². The van der Waals surface area contributed by atoms with E-state index < -0.39 is 0 Å². The van der Waals surface area contributed by atoms with Crippen molar-refractivity contribution in [3.63, 3.8) is 0 Å². The molecule has 1 aromatic rings. The van der Waals surface area contributed by atoms with E-state index in [9.17, 15) is 0 Å². The Balaban J connectivity index is 1.79. The van der Waals surface area contributed by atoms with Crippen molar-refractivity contribution in [3.8, 4) is 0 Å². The minimum absolute atomic E-state index is 0.386. The predicted octanol–water partition coefficient (Wildman–Crippen LogP) is 1.74. The van der Waals surface area contributed by atoms with Gasteiger partial charge in [-0.05, 0) is 51.4 Å². The van der Waals surface area contributed by atoms with Gasteiger partial charge >= 0.3 is 0 Å². The number of fused-ring (bicyclic) bond motifs is 1. The largest absolute Gasteiger partial charge is 0.328 e. The molecule has 0 aromatic carbocycles. The Morgan fingerprint density at radius 1 is 0.882 bits per heavy atom. The maximum atomic E-state index is 5.93. The Hall–Kier alpha value is -1.03. The lowest BCUT2D eigenvalue weighted by molar-refractivity contribution is 0.380. The van der Waals surface area contributed by atoms with Crippen LogP contribution in [0.3, 0.4) is 0 Å². The molecule has 0 saturated heterocycles. The Kier molecular flexibility index (Phi) is 3.05. The fourth-order valence-corrected chi connectivity index (χ4v) is 2.92. The van der Waals surface area contributed by atoms with Crippen molar-refractivity contribution in [2.75, 3.05) is 0 Å². The fraction of sp³-hybridized carbons (Fsp3) is 0.769.